The van der Waals surface area contributed by atoms with E-state index in [0.717, 1.165) is 0 Å². The lowest BCUT2D eigenvalue weighted by Crippen LogP contribution is -2.48. The standard InChI is InChI=1S/C9H14N3O6P/c1-4-2-12(9(14)11-7(4)10)8-6(18-19(15)16)5(13)3-17-8/h2,5-6,8-9,13-14H,3H2,1H3,(H2-,10,11,15,16)/p+1/t5?,6?,8-,9?/m1/s1. The lowest BCUT2D eigenvalue weighted by atomic mass is 10.2. The second-order valence-corrected chi connectivity index (χ2v) is 4.91. The Morgan fingerprint density at radius 2 is 2.32 bits per heavy atom. The van der Waals surface area contributed by atoms with Gasteiger partial charge in [0, 0.05) is 16.3 Å². The molecule has 0 aliphatic carbocycles. The van der Waals surface area contributed by atoms with Gasteiger partial charge in [-0.15, -0.1) is 9.42 Å². The molecule has 0 amide bonds. The summed E-state index contributed by atoms with van der Waals surface area (Å²) < 4.78 is 20.7. The van der Waals surface area contributed by atoms with Crippen LogP contribution in [0.1, 0.15) is 6.92 Å². The highest BCUT2D eigenvalue weighted by atomic mass is 31.1. The first-order valence-electron chi connectivity index (χ1n) is 5.50. The van der Waals surface area contributed by atoms with E-state index in [1.807, 2.05) is 0 Å². The van der Waals surface area contributed by atoms with Gasteiger partial charge in [-0.2, -0.15) is 0 Å². The van der Waals surface area contributed by atoms with Crippen molar-refractivity contribution in [1.29, 1.82) is 0 Å². The first-order chi connectivity index (χ1) is 8.90. The van der Waals surface area contributed by atoms with Crippen molar-refractivity contribution in [2.24, 2.45) is 10.7 Å². The quantitative estimate of drug-likeness (QED) is 0.465. The molecule has 10 heteroatoms. The van der Waals surface area contributed by atoms with Gasteiger partial charge in [-0.25, -0.2) is 4.99 Å². The first-order valence-corrected chi connectivity index (χ1v) is 6.63. The fourth-order valence-electron chi connectivity index (χ4n) is 1.91. The molecule has 0 spiro atoms. The minimum absolute atomic E-state index is 0.0756. The fourth-order valence-corrected chi connectivity index (χ4v) is 2.37. The van der Waals surface area contributed by atoms with Crippen molar-refractivity contribution < 1.29 is 28.9 Å². The summed E-state index contributed by atoms with van der Waals surface area (Å²) in [6.45, 7) is 1.61. The summed E-state index contributed by atoms with van der Waals surface area (Å²) in [6.07, 6.45) is -2.87. The summed E-state index contributed by atoms with van der Waals surface area (Å²) in [5.74, 6) is 0.188. The number of ether oxygens (including phenoxy) is 1. The van der Waals surface area contributed by atoms with E-state index in [1.54, 1.807) is 6.92 Å². The van der Waals surface area contributed by atoms with E-state index in [2.05, 4.69) is 4.99 Å². The predicted octanol–water partition coefficient (Wildman–Crippen LogP) is -1.41. The monoisotopic (exact) mass is 292 g/mol. The molecule has 1 saturated heterocycles. The van der Waals surface area contributed by atoms with E-state index in [4.69, 9.17) is 19.9 Å². The van der Waals surface area contributed by atoms with Crippen LogP contribution in [0.15, 0.2) is 16.8 Å². The number of hydrogen-bond donors (Lipinski definition) is 4. The summed E-state index contributed by atoms with van der Waals surface area (Å²) >= 11 is 0. The number of aliphatic imine (C=N–C) groups is 1. The van der Waals surface area contributed by atoms with Crippen LogP contribution in [0.4, 0.5) is 0 Å². The van der Waals surface area contributed by atoms with Crippen LogP contribution in [-0.2, 0) is 13.8 Å². The topological polar surface area (TPSA) is 138 Å². The Labute approximate surface area is 109 Å². The maximum Gasteiger partial charge on any atom is 0.695 e. The number of nitrogens with two attached hydrogens (primary N) is 1. The Balaban J connectivity index is 2.19. The molecule has 0 saturated carbocycles. The molecule has 0 bridgehead atoms. The zero-order chi connectivity index (χ0) is 14.2. The first kappa shape index (κ1) is 14.3. The van der Waals surface area contributed by atoms with Crippen molar-refractivity contribution in [1.82, 2.24) is 4.90 Å². The highest BCUT2D eigenvalue weighted by molar-refractivity contribution is 7.32. The van der Waals surface area contributed by atoms with E-state index in [1.165, 1.54) is 11.1 Å². The number of hydrogen-bond acceptors (Lipinski definition) is 8. The Kier molecular flexibility index (Phi) is 4.14. The maximum absolute atomic E-state index is 10.7. The molecule has 19 heavy (non-hydrogen) atoms. The van der Waals surface area contributed by atoms with Gasteiger partial charge in [-0.05, 0) is 6.92 Å². The number of aliphatic hydroxyl groups is 2. The lowest BCUT2D eigenvalue weighted by Gasteiger charge is -2.33. The van der Waals surface area contributed by atoms with Crippen molar-refractivity contribution in [3.05, 3.63) is 11.8 Å². The third-order valence-corrected chi connectivity index (χ3v) is 3.30. The van der Waals surface area contributed by atoms with E-state index in [9.17, 15) is 14.8 Å². The van der Waals surface area contributed by atoms with Crippen molar-refractivity contribution in [2.75, 3.05) is 6.61 Å². The smallest absolute Gasteiger partial charge is 0.388 e. The van der Waals surface area contributed by atoms with Crippen LogP contribution in [0.25, 0.3) is 0 Å². The van der Waals surface area contributed by atoms with Crippen molar-refractivity contribution in [3.63, 3.8) is 0 Å². The summed E-state index contributed by atoms with van der Waals surface area (Å²) in [7, 11) is -2.90. The van der Waals surface area contributed by atoms with E-state index in [0.29, 0.717) is 5.57 Å². The van der Waals surface area contributed by atoms with E-state index >= 15 is 0 Å². The number of nitrogens with zero attached hydrogens (tertiary/aromatic N) is 2. The zero-order valence-corrected chi connectivity index (χ0v) is 11.0. The van der Waals surface area contributed by atoms with E-state index < -0.39 is 33.0 Å². The average Bonchev–Trinajstić information content (AvgIpc) is 2.65. The molecule has 5 atom stereocenters. The minimum atomic E-state index is -2.90. The highest BCUT2D eigenvalue weighted by Crippen LogP contribution is 2.31. The van der Waals surface area contributed by atoms with Gasteiger partial charge in [-0.1, -0.05) is 0 Å². The minimum Gasteiger partial charge on any atom is -0.388 e. The molecule has 5 N–H and O–H groups in total. The Bertz CT molecular complexity index is 442. The molecule has 1 fully saturated rings. The van der Waals surface area contributed by atoms with Crippen LogP contribution < -0.4 is 5.73 Å². The fraction of sp³-hybridized carbons (Fsp3) is 0.667. The summed E-state index contributed by atoms with van der Waals surface area (Å²) in [6, 6.07) is 0. The van der Waals surface area contributed by atoms with Crippen LogP contribution in [0.2, 0.25) is 0 Å². The summed E-state index contributed by atoms with van der Waals surface area (Å²) in [5.41, 5.74) is 6.16. The molecule has 2 rings (SSSR count). The largest absolute Gasteiger partial charge is 0.695 e. The molecular formula is C9H15N3O6P+. The highest BCUT2D eigenvalue weighted by Gasteiger charge is 2.47. The maximum atomic E-state index is 10.7. The van der Waals surface area contributed by atoms with Gasteiger partial charge in [0.05, 0.1) is 6.61 Å². The second-order valence-electron chi connectivity index (χ2n) is 4.22. The third kappa shape index (κ3) is 2.92. The number of amidine groups is 1. The Morgan fingerprint density at radius 1 is 1.63 bits per heavy atom. The SMILES string of the molecule is CC1=CN([C@@H]2OCC(O)C2O[P+](=O)O)C(O)N=C1N. The van der Waals surface area contributed by atoms with Crippen LogP contribution in [0.5, 0.6) is 0 Å². The van der Waals surface area contributed by atoms with Gasteiger partial charge in [0.1, 0.15) is 11.9 Å². The number of rotatable bonds is 3. The van der Waals surface area contributed by atoms with Gasteiger partial charge in [-0.3, -0.25) is 0 Å². The van der Waals surface area contributed by atoms with Gasteiger partial charge < -0.3 is 25.6 Å². The molecular weight excluding hydrogens is 277 g/mol. The Hall–Kier alpha value is -1.09. The molecule has 2 aliphatic heterocycles. The summed E-state index contributed by atoms with van der Waals surface area (Å²) in [4.78, 5) is 13.8. The van der Waals surface area contributed by atoms with Crippen LogP contribution in [0, 0.1) is 0 Å². The summed E-state index contributed by atoms with van der Waals surface area (Å²) in [5, 5.41) is 19.5. The molecule has 4 unspecified atom stereocenters. The Morgan fingerprint density at radius 3 is 2.95 bits per heavy atom. The van der Waals surface area contributed by atoms with Gasteiger partial charge in [0.2, 0.25) is 6.35 Å². The molecule has 9 nitrogen and oxygen atoms in total. The molecule has 0 aromatic rings. The second kappa shape index (κ2) is 5.49. The van der Waals surface area contributed by atoms with Gasteiger partial charge >= 0.3 is 8.25 Å². The molecule has 0 radical (unpaired) electrons. The predicted molar refractivity (Wildman–Crippen MR) is 63.7 cm³/mol. The molecule has 0 aromatic carbocycles. The normalized spacial score (nSPS) is 36.0. The molecule has 2 aliphatic rings. The van der Waals surface area contributed by atoms with Crippen molar-refractivity contribution in [3.8, 4) is 0 Å². The van der Waals surface area contributed by atoms with Crippen LogP contribution >= 0.6 is 8.25 Å². The van der Waals surface area contributed by atoms with Crippen LogP contribution in [-0.4, -0.2) is 57.2 Å². The van der Waals surface area contributed by atoms with E-state index in [-0.39, 0.29) is 12.4 Å². The van der Waals surface area contributed by atoms with Crippen molar-refractivity contribution >= 4 is 14.1 Å². The molecule has 2 heterocycles. The van der Waals surface area contributed by atoms with Crippen molar-refractivity contribution in [2.45, 2.75) is 31.7 Å². The third-order valence-electron chi connectivity index (χ3n) is 2.87. The molecule has 106 valence electrons. The van der Waals surface area contributed by atoms with Gasteiger partial charge in [0.15, 0.2) is 12.3 Å². The lowest BCUT2D eigenvalue weighted by molar-refractivity contribution is -0.108. The molecule has 0 aromatic heterocycles. The van der Waals surface area contributed by atoms with Gasteiger partial charge in [0.25, 0.3) is 0 Å². The number of aliphatic hydroxyl groups excluding tert-OH is 2. The van der Waals surface area contributed by atoms with Crippen LogP contribution in [0.3, 0.4) is 0 Å². The average molecular weight is 292 g/mol. The zero-order valence-electron chi connectivity index (χ0n) is 10.1.